The molecule has 0 spiro atoms. The van der Waals surface area contributed by atoms with Crippen LogP contribution in [0.1, 0.15) is 41.8 Å². The highest BCUT2D eigenvalue weighted by atomic mass is 35.5. The molecular formula is C26H36Cl2N4O5S. The fraction of sp³-hybridized carbons (Fsp3) is 0.423. The molecule has 1 amide bonds. The molecule has 3 aromatic rings. The molecule has 0 radical (unpaired) electrons. The maximum absolute atomic E-state index is 12.7. The van der Waals surface area contributed by atoms with Gasteiger partial charge in [0.15, 0.2) is 11.5 Å². The molecule has 38 heavy (non-hydrogen) atoms. The Kier molecular flexibility index (Phi) is 11.3. The highest BCUT2D eigenvalue weighted by molar-refractivity contribution is 7.86. The van der Waals surface area contributed by atoms with E-state index in [-0.39, 0.29) is 48.8 Å². The zero-order valence-electron chi connectivity index (χ0n) is 22.0. The first-order valence-electron chi connectivity index (χ1n) is 12.2. The zero-order chi connectivity index (χ0) is 25.9. The fourth-order valence-electron chi connectivity index (χ4n) is 4.62. The second-order valence-corrected chi connectivity index (χ2v) is 10.5. The number of nitrogens with zero attached hydrogens (tertiary/aromatic N) is 1. The number of nitrogens with one attached hydrogen (secondary N) is 3. The lowest BCUT2D eigenvalue weighted by Crippen LogP contribution is -2.27. The number of amides is 1. The van der Waals surface area contributed by atoms with Crippen LogP contribution in [0, 0.1) is 0 Å². The number of halogens is 2. The summed E-state index contributed by atoms with van der Waals surface area (Å²) in [5, 5.41) is 7.31. The highest BCUT2D eigenvalue weighted by Gasteiger charge is 2.31. The summed E-state index contributed by atoms with van der Waals surface area (Å²) in [6.45, 7) is 9.51. The molecule has 210 valence electrons. The van der Waals surface area contributed by atoms with E-state index in [2.05, 4.69) is 46.5 Å². The summed E-state index contributed by atoms with van der Waals surface area (Å²) in [5.74, 6) is 0.00996. The largest absolute Gasteiger partial charge is 0.493 e. The van der Waals surface area contributed by atoms with Crippen molar-refractivity contribution in [1.29, 1.82) is 0 Å². The molecule has 12 heteroatoms. The summed E-state index contributed by atoms with van der Waals surface area (Å²) in [5.41, 5.74) is 4.34. The number of hydrogen-bond acceptors (Lipinski definition) is 7. The molecule has 2 heterocycles. The molecule has 3 N–H and O–H groups in total. The smallest absolute Gasteiger partial charge is 0.306 e. The number of aromatic amines is 1. The molecule has 0 atom stereocenters. The molecule has 4 rings (SSSR count). The van der Waals surface area contributed by atoms with Crippen molar-refractivity contribution in [2.24, 2.45) is 0 Å². The molecule has 1 aliphatic heterocycles. The molecule has 1 aliphatic rings. The Labute approximate surface area is 236 Å². The van der Waals surface area contributed by atoms with E-state index in [9.17, 15) is 13.2 Å². The minimum absolute atomic E-state index is 0. The van der Waals surface area contributed by atoms with E-state index < -0.39 is 10.1 Å². The number of aromatic nitrogens is 1. The van der Waals surface area contributed by atoms with Gasteiger partial charge in [-0.15, -0.1) is 24.8 Å². The van der Waals surface area contributed by atoms with E-state index >= 15 is 0 Å². The summed E-state index contributed by atoms with van der Waals surface area (Å²) < 4.78 is 34.3. The predicted molar refractivity (Wildman–Crippen MR) is 156 cm³/mol. The van der Waals surface area contributed by atoms with Crippen LogP contribution in [-0.4, -0.2) is 63.8 Å². The SMILES string of the molecule is CCN(CC)CCCNCc1ccc2[nH]c(-c3cc(OC)c(OS(C)(=O)=O)c4c3C(=O)NC4)cc2c1.Cl.Cl. The van der Waals surface area contributed by atoms with Gasteiger partial charge in [-0.25, -0.2) is 0 Å². The lowest BCUT2D eigenvalue weighted by atomic mass is 9.98. The quantitative estimate of drug-likeness (QED) is 0.216. The summed E-state index contributed by atoms with van der Waals surface area (Å²) in [7, 11) is -2.36. The topological polar surface area (TPSA) is 113 Å². The van der Waals surface area contributed by atoms with Crippen molar-refractivity contribution in [3.8, 4) is 22.8 Å². The van der Waals surface area contributed by atoms with Gasteiger partial charge in [0.2, 0.25) is 0 Å². The molecule has 0 fully saturated rings. The first-order chi connectivity index (χ1) is 17.2. The molecule has 2 aromatic carbocycles. The van der Waals surface area contributed by atoms with E-state index in [1.54, 1.807) is 6.07 Å². The van der Waals surface area contributed by atoms with E-state index in [0.29, 0.717) is 16.7 Å². The van der Waals surface area contributed by atoms with Gasteiger partial charge in [-0.1, -0.05) is 19.9 Å². The van der Waals surface area contributed by atoms with Crippen LogP contribution in [0.5, 0.6) is 11.5 Å². The van der Waals surface area contributed by atoms with Crippen molar-refractivity contribution in [3.63, 3.8) is 0 Å². The average Bonchev–Trinajstić information content (AvgIpc) is 3.44. The Balaban J connectivity index is 0.00000253. The molecule has 9 nitrogen and oxygen atoms in total. The minimum Gasteiger partial charge on any atom is -0.493 e. The number of H-pyrrole nitrogens is 1. The lowest BCUT2D eigenvalue weighted by Gasteiger charge is -2.17. The van der Waals surface area contributed by atoms with Crippen molar-refractivity contribution in [1.82, 2.24) is 20.5 Å². The molecule has 0 bridgehead atoms. The van der Waals surface area contributed by atoms with Crippen LogP contribution < -0.4 is 19.6 Å². The van der Waals surface area contributed by atoms with Crippen LogP contribution in [0.15, 0.2) is 30.3 Å². The summed E-state index contributed by atoms with van der Waals surface area (Å²) in [4.78, 5) is 18.5. The summed E-state index contributed by atoms with van der Waals surface area (Å²) >= 11 is 0. The average molecular weight is 588 g/mol. The maximum Gasteiger partial charge on any atom is 0.306 e. The number of hydrogen-bond donors (Lipinski definition) is 3. The van der Waals surface area contributed by atoms with Crippen molar-refractivity contribution >= 4 is 51.7 Å². The van der Waals surface area contributed by atoms with E-state index in [4.69, 9.17) is 8.92 Å². The van der Waals surface area contributed by atoms with Crippen molar-refractivity contribution < 1.29 is 22.1 Å². The molecular weight excluding hydrogens is 551 g/mol. The Morgan fingerprint density at radius 1 is 1.11 bits per heavy atom. The van der Waals surface area contributed by atoms with Crippen molar-refractivity contribution in [3.05, 3.63) is 47.0 Å². The summed E-state index contributed by atoms with van der Waals surface area (Å²) in [6.07, 6.45) is 2.07. The van der Waals surface area contributed by atoms with E-state index in [1.165, 1.54) is 12.7 Å². The van der Waals surface area contributed by atoms with Gasteiger partial charge in [0.05, 0.1) is 18.9 Å². The number of ether oxygens (including phenoxy) is 1. The monoisotopic (exact) mass is 586 g/mol. The highest BCUT2D eigenvalue weighted by Crippen LogP contribution is 2.43. The van der Waals surface area contributed by atoms with Gasteiger partial charge in [0, 0.05) is 40.8 Å². The molecule has 1 aromatic heterocycles. The molecule has 0 aliphatic carbocycles. The first-order valence-corrected chi connectivity index (χ1v) is 14.0. The molecule has 0 saturated carbocycles. The molecule has 0 unspecified atom stereocenters. The van der Waals surface area contributed by atoms with Crippen LogP contribution in [-0.2, 0) is 23.2 Å². The Bertz CT molecular complexity index is 1370. The zero-order valence-corrected chi connectivity index (χ0v) is 24.5. The second-order valence-electron chi connectivity index (χ2n) is 8.94. The van der Waals surface area contributed by atoms with Gasteiger partial charge in [-0.05, 0) is 62.4 Å². The number of fused-ring (bicyclic) bond motifs is 2. The first kappa shape index (κ1) is 31.7. The number of benzene rings is 2. The Morgan fingerprint density at radius 2 is 1.84 bits per heavy atom. The van der Waals surface area contributed by atoms with E-state index in [1.807, 2.05) is 12.1 Å². The standard InChI is InChI=1S/C26H34N4O5S.2ClH/c1-5-30(6-2)11-7-10-27-15-17-8-9-21-18(12-17)13-22(29-21)19-14-23(34-3)25(35-36(4,32)33)20-16-28-26(31)24(19)20;;/h8-9,12-14,27,29H,5-7,10-11,15-16H2,1-4H3,(H,28,31);2*1H. The van der Waals surface area contributed by atoms with Crippen LogP contribution in [0.3, 0.4) is 0 Å². The third-order valence-electron chi connectivity index (χ3n) is 6.48. The molecule has 0 saturated heterocycles. The van der Waals surface area contributed by atoms with Gasteiger partial charge < -0.3 is 29.4 Å². The fourth-order valence-corrected chi connectivity index (χ4v) is 5.11. The van der Waals surface area contributed by atoms with Crippen LogP contribution >= 0.6 is 24.8 Å². The normalized spacial score (nSPS) is 12.6. The number of carbonyl (C=O) groups excluding carboxylic acids is 1. The van der Waals surface area contributed by atoms with Gasteiger partial charge in [0.1, 0.15) is 0 Å². The second kappa shape index (κ2) is 13.5. The van der Waals surface area contributed by atoms with Crippen LogP contribution in [0.2, 0.25) is 0 Å². The van der Waals surface area contributed by atoms with Crippen molar-refractivity contribution in [2.45, 2.75) is 33.4 Å². The third kappa shape index (κ3) is 7.12. The number of methoxy groups -OCH3 is 1. The Morgan fingerprint density at radius 3 is 2.50 bits per heavy atom. The van der Waals surface area contributed by atoms with Gasteiger partial charge in [-0.2, -0.15) is 8.42 Å². The summed E-state index contributed by atoms with van der Waals surface area (Å²) in [6, 6.07) is 9.89. The maximum atomic E-state index is 12.7. The van der Waals surface area contributed by atoms with Crippen LogP contribution in [0.25, 0.3) is 22.2 Å². The minimum atomic E-state index is -3.81. The van der Waals surface area contributed by atoms with Gasteiger partial charge >= 0.3 is 10.1 Å². The van der Waals surface area contributed by atoms with Gasteiger partial charge in [-0.3, -0.25) is 4.79 Å². The lowest BCUT2D eigenvalue weighted by molar-refractivity contribution is 0.0966. The third-order valence-corrected chi connectivity index (χ3v) is 6.95. The number of rotatable bonds is 12. The Hall–Kier alpha value is -2.50. The number of carbonyl (C=O) groups is 1. The van der Waals surface area contributed by atoms with Crippen LogP contribution in [0.4, 0.5) is 0 Å². The predicted octanol–water partition coefficient (Wildman–Crippen LogP) is 4.09. The van der Waals surface area contributed by atoms with Gasteiger partial charge in [0.25, 0.3) is 5.91 Å². The van der Waals surface area contributed by atoms with E-state index in [0.717, 1.165) is 62.0 Å². The van der Waals surface area contributed by atoms with Crippen molar-refractivity contribution in [2.75, 3.05) is 39.5 Å².